The third kappa shape index (κ3) is 3.26. The van der Waals surface area contributed by atoms with Crippen LogP contribution >= 0.6 is 0 Å². The molecular formula is C23H24O3. The van der Waals surface area contributed by atoms with Crippen LogP contribution in [0.2, 0.25) is 0 Å². The van der Waals surface area contributed by atoms with Crippen molar-refractivity contribution in [1.29, 1.82) is 0 Å². The van der Waals surface area contributed by atoms with E-state index in [-0.39, 0.29) is 5.97 Å². The van der Waals surface area contributed by atoms with Gasteiger partial charge in [0, 0.05) is 6.92 Å². The summed E-state index contributed by atoms with van der Waals surface area (Å²) in [4.78, 5) is 11.3. The van der Waals surface area contributed by atoms with Gasteiger partial charge in [-0.05, 0) is 84.0 Å². The Morgan fingerprint density at radius 3 is 2.73 bits per heavy atom. The minimum atomic E-state index is -0.270. The molecule has 2 aromatic rings. The summed E-state index contributed by atoms with van der Waals surface area (Å²) in [6.45, 7) is 1.45. The van der Waals surface area contributed by atoms with E-state index in [0.29, 0.717) is 17.6 Å². The number of ether oxygens (including phenoxy) is 2. The van der Waals surface area contributed by atoms with Gasteiger partial charge >= 0.3 is 5.97 Å². The average Bonchev–Trinajstić information content (AvgIpc) is 2.66. The fourth-order valence-corrected chi connectivity index (χ4v) is 4.40. The number of carbonyl (C=O) groups excluding carboxylic acids is 1. The Kier molecular flexibility index (Phi) is 4.54. The molecular weight excluding hydrogens is 324 g/mol. The standard InChI is InChI=1S/C23H24O3/c1-15(24)26-21-11-8-16-4-3-5-22(23(16)14-21)19-7-6-18-13-20(25-2)10-9-17(18)12-19/h3-4,8-11,13-14,19,22H,5-7,12H2,1-2H3. The van der Waals surface area contributed by atoms with Crippen LogP contribution in [0.25, 0.3) is 6.08 Å². The van der Waals surface area contributed by atoms with Crippen LogP contribution in [0, 0.1) is 5.92 Å². The highest BCUT2D eigenvalue weighted by Crippen LogP contribution is 2.43. The maximum atomic E-state index is 11.3. The molecule has 2 unspecified atom stereocenters. The van der Waals surface area contributed by atoms with Gasteiger partial charge in [-0.3, -0.25) is 4.79 Å². The second kappa shape index (κ2) is 6.99. The molecule has 2 aliphatic rings. The highest BCUT2D eigenvalue weighted by atomic mass is 16.5. The Hall–Kier alpha value is -2.55. The molecule has 3 nitrogen and oxygen atoms in total. The molecule has 0 N–H and O–H groups in total. The molecule has 0 bridgehead atoms. The Balaban J connectivity index is 1.61. The molecule has 2 atom stereocenters. The van der Waals surface area contributed by atoms with Crippen LogP contribution in [-0.2, 0) is 17.6 Å². The molecule has 0 aromatic heterocycles. The summed E-state index contributed by atoms with van der Waals surface area (Å²) in [6.07, 6.45) is 8.88. The molecule has 0 amide bonds. The van der Waals surface area contributed by atoms with Crippen molar-refractivity contribution in [2.75, 3.05) is 7.11 Å². The molecule has 2 aliphatic carbocycles. The number of esters is 1. The second-order valence-electron chi connectivity index (χ2n) is 7.27. The molecule has 0 heterocycles. The first-order chi connectivity index (χ1) is 12.6. The molecule has 0 fully saturated rings. The SMILES string of the molecule is COc1ccc2c(c1)CCC(C1CC=Cc3ccc(OC(C)=O)cc31)C2. The molecule has 0 radical (unpaired) electrons. The summed E-state index contributed by atoms with van der Waals surface area (Å²) in [5.74, 6) is 2.40. The number of aryl methyl sites for hydroxylation is 1. The zero-order chi connectivity index (χ0) is 18.1. The van der Waals surface area contributed by atoms with E-state index in [9.17, 15) is 4.79 Å². The van der Waals surface area contributed by atoms with Gasteiger partial charge in [-0.15, -0.1) is 0 Å². The van der Waals surface area contributed by atoms with Crippen LogP contribution in [0.15, 0.2) is 42.5 Å². The van der Waals surface area contributed by atoms with Gasteiger partial charge in [-0.2, -0.15) is 0 Å². The average molecular weight is 348 g/mol. The zero-order valence-electron chi connectivity index (χ0n) is 15.3. The first-order valence-electron chi connectivity index (χ1n) is 9.28. The van der Waals surface area contributed by atoms with E-state index in [1.807, 2.05) is 6.07 Å². The molecule has 0 aliphatic heterocycles. The third-order valence-electron chi connectivity index (χ3n) is 5.66. The van der Waals surface area contributed by atoms with Gasteiger partial charge in [0.15, 0.2) is 0 Å². The number of hydrogen-bond acceptors (Lipinski definition) is 3. The number of carbonyl (C=O) groups is 1. The number of hydrogen-bond donors (Lipinski definition) is 0. The van der Waals surface area contributed by atoms with E-state index in [1.54, 1.807) is 7.11 Å². The lowest BCUT2D eigenvalue weighted by Crippen LogP contribution is -2.23. The van der Waals surface area contributed by atoms with Crippen LogP contribution in [0.3, 0.4) is 0 Å². The minimum Gasteiger partial charge on any atom is -0.497 e. The summed E-state index contributed by atoms with van der Waals surface area (Å²) < 4.78 is 10.7. The lowest BCUT2D eigenvalue weighted by atomic mass is 9.71. The van der Waals surface area contributed by atoms with Crippen molar-refractivity contribution in [3.63, 3.8) is 0 Å². The van der Waals surface area contributed by atoms with Gasteiger partial charge in [0.1, 0.15) is 11.5 Å². The van der Waals surface area contributed by atoms with Crippen molar-refractivity contribution < 1.29 is 14.3 Å². The quantitative estimate of drug-likeness (QED) is 0.583. The Bertz CT molecular complexity index is 866. The van der Waals surface area contributed by atoms with Gasteiger partial charge in [0.2, 0.25) is 0 Å². The largest absolute Gasteiger partial charge is 0.497 e. The normalized spacial score (nSPS) is 20.8. The zero-order valence-corrected chi connectivity index (χ0v) is 15.3. The second-order valence-corrected chi connectivity index (χ2v) is 7.27. The Morgan fingerprint density at radius 2 is 1.92 bits per heavy atom. The number of methoxy groups -OCH3 is 1. The lowest BCUT2D eigenvalue weighted by Gasteiger charge is -2.34. The topological polar surface area (TPSA) is 35.5 Å². The fourth-order valence-electron chi connectivity index (χ4n) is 4.40. The van der Waals surface area contributed by atoms with Crippen LogP contribution < -0.4 is 9.47 Å². The molecule has 2 aromatic carbocycles. The summed E-state index contributed by atoms with van der Waals surface area (Å²) >= 11 is 0. The maximum Gasteiger partial charge on any atom is 0.308 e. The first-order valence-corrected chi connectivity index (χ1v) is 9.28. The minimum absolute atomic E-state index is 0.270. The van der Waals surface area contributed by atoms with E-state index in [0.717, 1.165) is 25.0 Å². The van der Waals surface area contributed by atoms with Gasteiger partial charge in [-0.1, -0.05) is 24.3 Å². The lowest BCUT2D eigenvalue weighted by molar-refractivity contribution is -0.131. The summed E-state index contributed by atoms with van der Waals surface area (Å²) in [6, 6.07) is 12.5. The molecule has 134 valence electrons. The van der Waals surface area contributed by atoms with Crippen molar-refractivity contribution in [2.24, 2.45) is 5.92 Å². The predicted octanol–water partition coefficient (Wildman–Crippen LogP) is 4.93. The van der Waals surface area contributed by atoms with Crippen molar-refractivity contribution >= 4 is 12.0 Å². The monoisotopic (exact) mass is 348 g/mol. The van der Waals surface area contributed by atoms with Crippen LogP contribution in [0.4, 0.5) is 0 Å². The Labute approximate surface area is 154 Å². The molecule has 26 heavy (non-hydrogen) atoms. The summed E-state index contributed by atoms with van der Waals surface area (Å²) in [5, 5.41) is 0. The van der Waals surface area contributed by atoms with E-state index in [1.165, 1.54) is 35.6 Å². The fraction of sp³-hybridized carbons (Fsp3) is 0.348. The number of rotatable bonds is 3. The highest BCUT2D eigenvalue weighted by Gasteiger charge is 2.29. The van der Waals surface area contributed by atoms with Gasteiger partial charge in [0.05, 0.1) is 7.11 Å². The first kappa shape index (κ1) is 16.9. The Morgan fingerprint density at radius 1 is 1.08 bits per heavy atom. The number of allylic oxidation sites excluding steroid dienone is 1. The van der Waals surface area contributed by atoms with Gasteiger partial charge in [0.25, 0.3) is 0 Å². The van der Waals surface area contributed by atoms with E-state index in [2.05, 4.69) is 42.5 Å². The van der Waals surface area contributed by atoms with Crippen molar-refractivity contribution in [3.05, 3.63) is 64.7 Å². The third-order valence-corrected chi connectivity index (χ3v) is 5.66. The van der Waals surface area contributed by atoms with E-state index in [4.69, 9.17) is 9.47 Å². The molecule has 0 saturated heterocycles. The molecule has 4 rings (SSSR count). The van der Waals surface area contributed by atoms with Crippen molar-refractivity contribution in [3.8, 4) is 11.5 Å². The summed E-state index contributed by atoms with van der Waals surface area (Å²) in [7, 11) is 1.72. The smallest absolute Gasteiger partial charge is 0.308 e. The van der Waals surface area contributed by atoms with E-state index < -0.39 is 0 Å². The van der Waals surface area contributed by atoms with Crippen molar-refractivity contribution in [2.45, 2.75) is 38.5 Å². The van der Waals surface area contributed by atoms with Crippen LogP contribution in [0.5, 0.6) is 11.5 Å². The molecule has 3 heteroatoms. The van der Waals surface area contributed by atoms with E-state index >= 15 is 0 Å². The molecule has 0 spiro atoms. The van der Waals surface area contributed by atoms with Gasteiger partial charge in [-0.25, -0.2) is 0 Å². The number of benzene rings is 2. The van der Waals surface area contributed by atoms with Gasteiger partial charge < -0.3 is 9.47 Å². The maximum absolute atomic E-state index is 11.3. The van der Waals surface area contributed by atoms with Crippen LogP contribution in [0.1, 0.15) is 47.9 Å². The number of fused-ring (bicyclic) bond motifs is 2. The predicted molar refractivity (Wildman–Crippen MR) is 103 cm³/mol. The van der Waals surface area contributed by atoms with Crippen LogP contribution in [-0.4, -0.2) is 13.1 Å². The summed E-state index contributed by atoms with van der Waals surface area (Å²) in [5.41, 5.74) is 5.42. The highest BCUT2D eigenvalue weighted by molar-refractivity contribution is 5.70. The van der Waals surface area contributed by atoms with Crippen molar-refractivity contribution in [1.82, 2.24) is 0 Å². The molecule has 0 saturated carbocycles.